The molecule has 0 bridgehead atoms. The molecule has 0 spiro atoms. The third-order valence-electron chi connectivity index (χ3n) is 2.34. The van der Waals surface area contributed by atoms with Gasteiger partial charge in [-0.15, -0.1) is 0 Å². The van der Waals surface area contributed by atoms with Gasteiger partial charge in [0.25, 0.3) is 0 Å². The summed E-state index contributed by atoms with van der Waals surface area (Å²) in [5.74, 6) is -1.39. The van der Waals surface area contributed by atoms with Gasteiger partial charge in [0.1, 0.15) is 0 Å². The van der Waals surface area contributed by atoms with Gasteiger partial charge >= 0.3 is 5.97 Å². The summed E-state index contributed by atoms with van der Waals surface area (Å²) in [7, 11) is 0. The molecule has 0 atom stereocenters. The van der Waals surface area contributed by atoms with Gasteiger partial charge in [-0.3, -0.25) is 4.79 Å². The molecule has 0 aliphatic carbocycles. The summed E-state index contributed by atoms with van der Waals surface area (Å²) in [5, 5.41) is 14.6. The van der Waals surface area contributed by atoms with E-state index in [0.29, 0.717) is 6.54 Å². The molecule has 0 fully saturated rings. The number of benzene rings is 1. The van der Waals surface area contributed by atoms with Gasteiger partial charge in [0, 0.05) is 12.2 Å². The van der Waals surface area contributed by atoms with Crippen LogP contribution in [0.2, 0.25) is 5.02 Å². The predicted octanol–water partition coefficient (Wildman–Crippen LogP) is 1.56. The minimum Gasteiger partial charge on any atom is -0.478 e. The molecule has 1 amide bonds. The molecule has 0 aliphatic heterocycles. The maximum absolute atomic E-state index is 11.4. The van der Waals surface area contributed by atoms with Crippen molar-refractivity contribution < 1.29 is 14.7 Å². The number of nitrogens with one attached hydrogen (secondary N) is 2. The number of rotatable bonds is 6. The lowest BCUT2D eigenvalue weighted by Gasteiger charge is -2.12. The number of halogens is 1. The highest BCUT2D eigenvalue weighted by atomic mass is 35.5. The van der Waals surface area contributed by atoms with Gasteiger partial charge < -0.3 is 21.5 Å². The topological polar surface area (TPSA) is 104 Å². The number of carbonyl (C=O) groups is 2. The van der Waals surface area contributed by atoms with E-state index < -0.39 is 5.97 Å². The number of hydrogen-bond donors (Lipinski definition) is 4. The third-order valence-corrected chi connectivity index (χ3v) is 2.64. The lowest BCUT2D eigenvalue weighted by atomic mass is 10.1. The highest BCUT2D eigenvalue weighted by Gasteiger charge is 2.15. The van der Waals surface area contributed by atoms with Crippen molar-refractivity contribution in [2.75, 3.05) is 24.1 Å². The predicted molar refractivity (Wildman–Crippen MR) is 74.6 cm³/mol. The fourth-order valence-corrected chi connectivity index (χ4v) is 1.77. The second-order valence-electron chi connectivity index (χ2n) is 3.93. The lowest BCUT2D eigenvalue weighted by Crippen LogP contribution is -2.30. The first kappa shape index (κ1) is 15.1. The molecule has 5 N–H and O–H groups in total. The number of amides is 1. The van der Waals surface area contributed by atoms with Crippen molar-refractivity contribution in [3.8, 4) is 0 Å². The third kappa shape index (κ3) is 4.33. The van der Waals surface area contributed by atoms with Crippen LogP contribution in [-0.4, -0.2) is 30.1 Å². The van der Waals surface area contributed by atoms with Crippen LogP contribution < -0.4 is 16.4 Å². The summed E-state index contributed by atoms with van der Waals surface area (Å²) in [6.45, 7) is 2.46. The summed E-state index contributed by atoms with van der Waals surface area (Å²) < 4.78 is 0. The number of nitrogens with two attached hydrogens (primary N) is 1. The van der Waals surface area contributed by atoms with Crippen LogP contribution in [0, 0.1) is 0 Å². The van der Waals surface area contributed by atoms with Gasteiger partial charge in [-0.2, -0.15) is 0 Å². The van der Waals surface area contributed by atoms with Crippen molar-refractivity contribution in [1.29, 1.82) is 0 Å². The largest absolute Gasteiger partial charge is 0.478 e. The Kier molecular flexibility index (Phi) is 5.44. The molecule has 0 aromatic heterocycles. The van der Waals surface area contributed by atoms with Crippen LogP contribution in [0.1, 0.15) is 23.7 Å². The lowest BCUT2D eigenvalue weighted by molar-refractivity contribution is -0.119. The van der Waals surface area contributed by atoms with Gasteiger partial charge in [0.05, 0.1) is 22.8 Å². The second-order valence-corrected chi connectivity index (χ2v) is 4.34. The van der Waals surface area contributed by atoms with Crippen LogP contribution in [0.15, 0.2) is 12.1 Å². The molecule has 0 saturated heterocycles. The van der Waals surface area contributed by atoms with Crippen LogP contribution in [0.3, 0.4) is 0 Å². The molecular weight excluding hydrogens is 270 g/mol. The molecule has 6 nitrogen and oxygen atoms in total. The van der Waals surface area contributed by atoms with E-state index in [4.69, 9.17) is 22.4 Å². The van der Waals surface area contributed by atoms with Gasteiger partial charge in [-0.05, 0) is 18.6 Å². The van der Waals surface area contributed by atoms with Crippen molar-refractivity contribution >= 4 is 34.9 Å². The molecule has 0 saturated carbocycles. The van der Waals surface area contributed by atoms with E-state index >= 15 is 0 Å². The Balaban J connectivity index is 2.83. The van der Waals surface area contributed by atoms with Crippen LogP contribution in [0.4, 0.5) is 11.4 Å². The Labute approximate surface area is 115 Å². The van der Waals surface area contributed by atoms with E-state index in [1.54, 1.807) is 0 Å². The van der Waals surface area contributed by atoms with E-state index in [1.807, 2.05) is 6.92 Å². The van der Waals surface area contributed by atoms with Crippen LogP contribution in [0.25, 0.3) is 0 Å². The Hall–Kier alpha value is -1.95. The SMILES string of the molecule is CCCNC(=O)CNc1c(Cl)cc(N)cc1C(=O)O. The van der Waals surface area contributed by atoms with E-state index in [2.05, 4.69) is 10.6 Å². The van der Waals surface area contributed by atoms with Crippen molar-refractivity contribution in [3.05, 3.63) is 22.7 Å². The quantitative estimate of drug-likeness (QED) is 0.594. The van der Waals surface area contributed by atoms with Crippen LogP contribution in [0.5, 0.6) is 0 Å². The molecule has 1 aromatic carbocycles. The molecule has 0 aliphatic rings. The zero-order valence-corrected chi connectivity index (χ0v) is 11.3. The average Bonchev–Trinajstić information content (AvgIpc) is 2.34. The Bertz CT molecular complexity index is 491. The number of aromatic carboxylic acids is 1. The molecule has 7 heteroatoms. The van der Waals surface area contributed by atoms with Crippen molar-refractivity contribution in [2.45, 2.75) is 13.3 Å². The van der Waals surface area contributed by atoms with Gasteiger partial charge in [-0.25, -0.2) is 4.79 Å². The maximum atomic E-state index is 11.4. The van der Waals surface area contributed by atoms with Crippen molar-refractivity contribution in [2.24, 2.45) is 0 Å². The zero-order chi connectivity index (χ0) is 14.4. The number of carboxylic acids is 1. The van der Waals surface area contributed by atoms with Crippen molar-refractivity contribution in [3.63, 3.8) is 0 Å². The average molecular weight is 286 g/mol. The molecule has 19 heavy (non-hydrogen) atoms. The molecule has 0 radical (unpaired) electrons. The maximum Gasteiger partial charge on any atom is 0.337 e. The highest BCUT2D eigenvalue weighted by Crippen LogP contribution is 2.29. The fourth-order valence-electron chi connectivity index (χ4n) is 1.47. The summed E-state index contributed by atoms with van der Waals surface area (Å²) >= 11 is 5.93. The zero-order valence-electron chi connectivity index (χ0n) is 10.5. The number of hydrogen-bond acceptors (Lipinski definition) is 4. The number of carbonyl (C=O) groups excluding carboxylic acids is 1. The van der Waals surface area contributed by atoms with E-state index in [0.717, 1.165) is 6.42 Å². The molecular formula is C12H16ClN3O3. The standard InChI is InChI=1S/C12H16ClN3O3/c1-2-3-15-10(17)6-16-11-8(12(18)19)4-7(14)5-9(11)13/h4-5,16H,2-3,6,14H2,1H3,(H,15,17)(H,18,19). The molecule has 1 aromatic rings. The monoisotopic (exact) mass is 285 g/mol. The van der Waals surface area contributed by atoms with E-state index in [9.17, 15) is 9.59 Å². The van der Waals surface area contributed by atoms with Gasteiger partial charge in [0.2, 0.25) is 5.91 Å². The first-order valence-corrected chi connectivity index (χ1v) is 6.16. The molecule has 0 unspecified atom stereocenters. The van der Waals surface area contributed by atoms with Gasteiger partial charge in [0.15, 0.2) is 0 Å². The Morgan fingerprint density at radius 2 is 2.11 bits per heavy atom. The number of nitrogen functional groups attached to an aromatic ring is 1. The minimum atomic E-state index is -1.16. The van der Waals surface area contributed by atoms with Gasteiger partial charge in [-0.1, -0.05) is 18.5 Å². The van der Waals surface area contributed by atoms with Crippen LogP contribution in [-0.2, 0) is 4.79 Å². The van der Waals surface area contributed by atoms with E-state index in [-0.39, 0.29) is 34.4 Å². The fraction of sp³-hybridized carbons (Fsp3) is 0.333. The summed E-state index contributed by atoms with van der Waals surface area (Å²) in [6.07, 6.45) is 0.828. The molecule has 1 rings (SSSR count). The minimum absolute atomic E-state index is 0.0517. The summed E-state index contributed by atoms with van der Waals surface area (Å²) in [5.41, 5.74) is 5.91. The second kappa shape index (κ2) is 6.84. The molecule has 0 heterocycles. The van der Waals surface area contributed by atoms with E-state index in [1.165, 1.54) is 12.1 Å². The Morgan fingerprint density at radius 3 is 2.68 bits per heavy atom. The molecule has 104 valence electrons. The highest BCUT2D eigenvalue weighted by molar-refractivity contribution is 6.34. The first-order valence-electron chi connectivity index (χ1n) is 5.78. The van der Waals surface area contributed by atoms with Crippen LogP contribution >= 0.6 is 11.6 Å². The normalized spacial score (nSPS) is 10.0. The summed E-state index contributed by atoms with van der Waals surface area (Å²) in [4.78, 5) is 22.5. The number of anilines is 2. The number of carboxylic acid groups (broad SMARTS) is 1. The first-order chi connectivity index (χ1) is 8.95. The summed E-state index contributed by atoms with van der Waals surface area (Å²) in [6, 6.07) is 2.72. The van der Waals surface area contributed by atoms with Crippen molar-refractivity contribution in [1.82, 2.24) is 5.32 Å². The smallest absolute Gasteiger partial charge is 0.337 e. The Morgan fingerprint density at radius 1 is 1.42 bits per heavy atom.